The Balaban J connectivity index is 2.99. The first-order valence-corrected chi connectivity index (χ1v) is 3.41. The summed E-state index contributed by atoms with van der Waals surface area (Å²) in [4.78, 5) is 20.5. The number of carboxylic acid groups (broad SMARTS) is 1. The highest BCUT2D eigenvalue weighted by Gasteiger charge is 2.02. The van der Waals surface area contributed by atoms with Gasteiger partial charge < -0.3 is 10.2 Å². The molecule has 0 unspecified atom stereocenters. The smallest absolute Gasteiger partial charge is 0.409 e. The quantitative estimate of drug-likeness (QED) is 0.474. The zero-order valence-corrected chi connectivity index (χ0v) is 6.52. The highest BCUT2D eigenvalue weighted by Crippen LogP contribution is 2.19. The van der Waals surface area contributed by atoms with Gasteiger partial charge in [0.25, 0.3) is 0 Å². The van der Waals surface area contributed by atoms with E-state index in [2.05, 4.69) is 5.32 Å². The van der Waals surface area contributed by atoms with Crippen molar-refractivity contribution >= 4 is 18.1 Å². The van der Waals surface area contributed by atoms with E-state index in [1.165, 1.54) is 18.2 Å². The van der Waals surface area contributed by atoms with Crippen LogP contribution in [0.5, 0.6) is 5.75 Å². The minimum atomic E-state index is -1.22. The summed E-state index contributed by atoms with van der Waals surface area (Å²) in [7, 11) is 0. The van der Waals surface area contributed by atoms with E-state index in [4.69, 9.17) is 10.2 Å². The number of aromatic hydroxyl groups is 1. The van der Waals surface area contributed by atoms with Crippen LogP contribution in [0, 0.1) is 0 Å². The Hall–Kier alpha value is -2.04. The molecule has 0 fully saturated rings. The Morgan fingerprint density at radius 2 is 2.15 bits per heavy atom. The predicted octanol–water partition coefficient (Wildman–Crippen LogP) is 1.29. The van der Waals surface area contributed by atoms with E-state index in [9.17, 15) is 9.59 Å². The highest BCUT2D eigenvalue weighted by atomic mass is 16.4. The summed E-state index contributed by atoms with van der Waals surface area (Å²) in [6.07, 6.45) is -0.773. The molecule has 0 aliphatic carbocycles. The maximum Gasteiger partial charge on any atom is 0.409 e. The minimum Gasteiger partial charge on any atom is -0.507 e. The zero-order valence-electron chi connectivity index (χ0n) is 6.52. The maximum atomic E-state index is 10.3. The van der Waals surface area contributed by atoms with Crippen LogP contribution in [0.2, 0.25) is 0 Å². The van der Waals surface area contributed by atoms with Gasteiger partial charge in [-0.05, 0) is 18.2 Å². The third-order valence-electron chi connectivity index (χ3n) is 1.41. The molecule has 0 aliphatic heterocycles. The van der Waals surface area contributed by atoms with Gasteiger partial charge in [-0.25, -0.2) is 4.79 Å². The Kier molecular flexibility index (Phi) is 2.49. The molecule has 0 aliphatic rings. The molecular formula is C8H7NO4. The van der Waals surface area contributed by atoms with Crippen LogP contribution in [-0.4, -0.2) is 22.6 Å². The summed E-state index contributed by atoms with van der Waals surface area (Å²) in [5, 5.41) is 19.5. The van der Waals surface area contributed by atoms with Crippen LogP contribution in [0.1, 0.15) is 10.4 Å². The van der Waals surface area contributed by atoms with Crippen molar-refractivity contribution in [3.05, 3.63) is 23.8 Å². The number of anilines is 1. The van der Waals surface area contributed by atoms with Crippen LogP contribution in [0.15, 0.2) is 18.2 Å². The number of phenolic OH excluding ortho intramolecular Hbond substituents is 1. The lowest BCUT2D eigenvalue weighted by atomic mass is 10.2. The highest BCUT2D eigenvalue weighted by molar-refractivity contribution is 5.87. The molecule has 13 heavy (non-hydrogen) atoms. The van der Waals surface area contributed by atoms with Crippen molar-refractivity contribution in [1.82, 2.24) is 0 Å². The van der Waals surface area contributed by atoms with Gasteiger partial charge in [0.15, 0.2) is 6.29 Å². The molecule has 0 atom stereocenters. The molecule has 0 radical (unpaired) electrons. The van der Waals surface area contributed by atoms with Crippen LogP contribution in [0.4, 0.5) is 10.5 Å². The summed E-state index contributed by atoms with van der Waals surface area (Å²) in [5.41, 5.74) is 0.290. The van der Waals surface area contributed by atoms with Gasteiger partial charge in [0.05, 0.1) is 5.56 Å². The number of phenols is 1. The molecule has 3 N–H and O–H groups in total. The number of hydrogen-bond donors (Lipinski definition) is 3. The third kappa shape index (κ3) is 2.19. The second-order valence-corrected chi connectivity index (χ2v) is 2.32. The van der Waals surface area contributed by atoms with Crippen LogP contribution in [0.3, 0.4) is 0 Å². The second kappa shape index (κ2) is 3.57. The number of benzene rings is 1. The summed E-state index contributed by atoms with van der Waals surface area (Å²) in [6.45, 7) is 0. The first-order valence-electron chi connectivity index (χ1n) is 3.41. The molecule has 1 aromatic carbocycles. The molecule has 5 nitrogen and oxygen atoms in total. The number of amides is 1. The van der Waals surface area contributed by atoms with E-state index < -0.39 is 6.09 Å². The van der Waals surface area contributed by atoms with Crippen molar-refractivity contribution in [1.29, 1.82) is 0 Å². The average molecular weight is 181 g/mol. The summed E-state index contributed by atoms with van der Waals surface area (Å²) >= 11 is 0. The van der Waals surface area contributed by atoms with Crippen molar-refractivity contribution in [3.63, 3.8) is 0 Å². The predicted molar refractivity (Wildman–Crippen MR) is 45.1 cm³/mol. The topological polar surface area (TPSA) is 86.6 Å². The fourth-order valence-electron chi connectivity index (χ4n) is 0.850. The molecule has 0 spiro atoms. The minimum absolute atomic E-state index is 0.0475. The summed E-state index contributed by atoms with van der Waals surface area (Å²) in [6, 6.07) is 3.85. The number of nitrogens with one attached hydrogen (secondary N) is 1. The summed E-state index contributed by atoms with van der Waals surface area (Å²) in [5.74, 6) is -0.175. The molecule has 0 saturated heterocycles. The Labute approximate surface area is 73.6 Å². The maximum absolute atomic E-state index is 10.3. The van der Waals surface area contributed by atoms with Gasteiger partial charge in [-0.15, -0.1) is 0 Å². The van der Waals surface area contributed by atoms with Gasteiger partial charge in [0, 0.05) is 5.69 Å². The van der Waals surface area contributed by atoms with E-state index in [1.807, 2.05) is 0 Å². The molecule has 0 bridgehead atoms. The van der Waals surface area contributed by atoms with Crippen molar-refractivity contribution in [2.45, 2.75) is 0 Å². The number of carbonyl (C=O) groups excluding carboxylic acids is 1. The molecule has 1 aromatic rings. The van der Waals surface area contributed by atoms with Gasteiger partial charge >= 0.3 is 6.09 Å². The molecule has 1 amide bonds. The number of carbonyl (C=O) groups is 2. The van der Waals surface area contributed by atoms with Crippen molar-refractivity contribution < 1.29 is 19.8 Å². The first kappa shape index (κ1) is 9.05. The average Bonchev–Trinajstić information content (AvgIpc) is 2.07. The van der Waals surface area contributed by atoms with E-state index in [0.717, 1.165) is 0 Å². The van der Waals surface area contributed by atoms with E-state index in [0.29, 0.717) is 6.29 Å². The lowest BCUT2D eigenvalue weighted by molar-refractivity contribution is 0.112. The number of hydrogen-bond acceptors (Lipinski definition) is 3. The molecular weight excluding hydrogens is 174 g/mol. The van der Waals surface area contributed by atoms with Crippen LogP contribution >= 0.6 is 0 Å². The van der Waals surface area contributed by atoms with E-state index in [1.54, 1.807) is 0 Å². The molecule has 0 saturated carbocycles. The Bertz CT molecular complexity index is 348. The third-order valence-corrected chi connectivity index (χ3v) is 1.41. The van der Waals surface area contributed by atoms with Gasteiger partial charge in [-0.2, -0.15) is 0 Å². The Morgan fingerprint density at radius 1 is 1.46 bits per heavy atom. The van der Waals surface area contributed by atoms with Gasteiger partial charge in [-0.1, -0.05) is 0 Å². The zero-order chi connectivity index (χ0) is 9.84. The van der Waals surface area contributed by atoms with E-state index >= 15 is 0 Å². The van der Waals surface area contributed by atoms with Gasteiger partial charge in [-0.3, -0.25) is 10.1 Å². The van der Waals surface area contributed by atoms with Gasteiger partial charge in [0.2, 0.25) is 0 Å². The second-order valence-electron chi connectivity index (χ2n) is 2.32. The molecule has 5 heteroatoms. The Morgan fingerprint density at radius 3 is 2.69 bits per heavy atom. The lowest BCUT2D eigenvalue weighted by Gasteiger charge is -2.02. The fraction of sp³-hybridized carbons (Fsp3) is 0. The van der Waals surface area contributed by atoms with Gasteiger partial charge in [0.1, 0.15) is 5.75 Å². The van der Waals surface area contributed by atoms with Crippen LogP contribution in [-0.2, 0) is 0 Å². The molecule has 0 aromatic heterocycles. The van der Waals surface area contributed by atoms with Crippen LogP contribution in [0.25, 0.3) is 0 Å². The largest absolute Gasteiger partial charge is 0.507 e. The van der Waals surface area contributed by atoms with E-state index in [-0.39, 0.29) is 17.0 Å². The van der Waals surface area contributed by atoms with Crippen molar-refractivity contribution in [2.75, 3.05) is 5.32 Å². The molecule has 68 valence electrons. The van der Waals surface area contributed by atoms with Crippen LogP contribution < -0.4 is 5.32 Å². The number of rotatable bonds is 2. The first-order chi connectivity index (χ1) is 6.13. The standard InChI is InChI=1S/C8H7NO4/c10-4-5-3-6(9-8(12)13)1-2-7(5)11/h1-4,9,11H,(H,12,13). The lowest BCUT2D eigenvalue weighted by Crippen LogP contribution is -2.07. The fourth-order valence-corrected chi connectivity index (χ4v) is 0.850. The summed E-state index contributed by atoms with van der Waals surface area (Å²) < 4.78 is 0. The SMILES string of the molecule is O=Cc1cc(NC(=O)O)ccc1O. The number of aldehydes is 1. The normalized spacial score (nSPS) is 9.23. The molecule has 0 heterocycles. The van der Waals surface area contributed by atoms with Crippen molar-refractivity contribution in [3.8, 4) is 5.75 Å². The monoisotopic (exact) mass is 181 g/mol. The van der Waals surface area contributed by atoms with Crippen molar-refractivity contribution in [2.24, 2.45) is 0 Å². The molecule has 1 rings (SSSR count).